The number of rotatable bonds is 10. The number of nitrogens with zero attached hydrogens (tertiary/aromatic N) is 1. The zero-order valence-electron chi connectivity index (χ0n) is 23.0. The molecule has 206 valence electrons. The van der Waals surface area contributed by atoms with Gasteiger partial charge in [0.2, 0.25) is 0 Å². The van der Waals surface area contributed by atoms with Crippen molar-refractivity contribution in [3.05, 3.63) is 108 Å². The molecule has 0 radical (unpaired) electrons. The molecule has 0 spiro atoms. The number of aliphatic hydroxyl groups excluding tert-OH is 1. The van der Waals surface area contributed by atoms with Crippen LogP contribution in [0.25, 0.3) is 11.1 Å². The Morgan fingerprint density at radius 3 is 2.33 bits per heavy atom. The predicted molar refractivity (Wildman–Crippen MR) is 157 cm³/mol. The molecule has 3 aromatic carbocycles. The molecule has 5 rings (SSSR count). The van der Waals surface area contributed by atoms with Gasteiger partial charge in [0.05, 0.1) is 18.8 Å². The maximum Gasteiger partial charge on any atom is 0.184 e. The summed E-state index contributed by atoms with van der Waals surface area (Å²) in [5.41, 5.74) is 12.3. The van der Waals surface area contributed by atoms with Gasteiger partial charge in [-0.1, -0.05) is 86.5 Å². The summed E-state index contributed by atoms with van der Waals surface area (Å²) < 4.78 is 13.5. The van der Waals surface area contributed by atoms with E-state index < -0.39 is 6.29 Å². The standard InChI is InChI=1S/C34H42N2O3/c1-3-18-36(31-12-4-5-13-31)22-32-24(2)33(27-16-14-25(23-37)15-17-27)39-34(38-32)30-11-7-10-29(20-30)28-9-6-8-26(19-28)21-35/h3,6-11,14-17,19-20,24,31-34,37H,1,4-5,12-13,18,21-23,35H2,2H3. The van der Waals surface area contributed by atoms with Crippen molar-refractivity contribution in [3.63, 3.8) is 0 Å². The van der Waals surface area contributed by atoms with Crippen LogP contribution in [0.2, 0.25) is 0 Å². The first-order chi connectivity index (χ1) is 19.1. The first-order valence-corrected chi connectivity index (χ1v) is 14.3. The van der Waals surface area contributed by atoms with Crippen molar-refractivity contribution in [3.8, 4) is 11.1 Å². The van der Waals surface area contributed by atoms with Gasteiger partial charge in [-0.15, -0.1) is 6.58 Å². The van der Waals surface area contributed by atoms with Crippen molar-refractivity contribution in [2.24, 2.45) is 11.7 Å². The van der Waals surface area contributed by atoms with E-state index in [1.807, 2.05) is 18.2 Å². The number of nitrogens with two attached hydrogens (primary N) is 1. The fraction of sp³-hybridized carbons (Fsp3) is 0.412. The summed E-state index contributed by atoms with van der Waals surface area (Å²) in [6, 6.07) is 25.6. The predicted octanol–water partition coefficient (Wildman–Crippen LogP) is 6.53. The second kappa shape index (κ2) is 13.0. The second-order valence-electron chi connectivity index (χ2n) is 11.0. The van der Waals surface area contributed by atoms with E-state index in [9.17, 15) is 5.11 Å². The molecule has 4 atom stereocenters. The van der Waals surface area contributed by atoms with Crippen LogP contribution < -0.4 is 5.73 Å². The van der Waals surface area contributed by atoms with Crippen molar-refractivity contribution in [1.29, 1.82) is 0 Å². The lowest BCUT2D eigenvalue weighted by molar-refractivity contribution is -0.276. The molecule has 1 aliphatic heterocycles. The van der Waals surface area contributed by atoms with Gasteiger partial charge in [0.25, 0.3) is 0 Å². The van der Waals surface area contributed by atoms with Crippen LogP contribution in [0.3, 0.4) is 0 Å². The smallest absolute Gasteiger partial charge is 0.184 e. The number of ether oxygens (including phenoxy) is 2. The molecule has 0 amide bonds. The van der Waals surface area contributed by atoms with Gasteiger partial charge in [-0.2, -0.15) is 0 Å². The van der Waals surface area contributed by atoms with Gasteiger partial charge in [-0.05, 0) is 52.8 Å². The van der Waals surface area contributed by atoms with Crippen LogP contribution in [0.4, 0.5) is 0 Å². The molecule has 1 saturated heterocycles. The van der Waals surface area contributed by atoms with Crippen LogP contribution in [-0.2, 0) is 22.6 Å². The van der Waals surface area contributed by atoms with Crippen molar-refractivity contribution >= 4 is 0 Å². The molecular weight excluding hydrogens is 484 g/mol. The van der Waals surface area contributed by atoms with E-state index in [2.05, 4.69) is 79.1 Å². The Kier molecular flexibility index (Phi) is 9.28. The van der Waals surface area contributed by atoms with Gasteiger partial charge in [0, 0.05) is 37.2 Å². The zero-order valence-corrected chi connectivity index (χ0v) is 23.0. The summed E-state index contributed by atoms with van der Waals surface area (Å²) in [6.07, 6.45) is 6.47. The molecule has 3 N–H and O–H groups in total. The average Bonchev–Trinajstić information content (AvgIpc) is 3.53. The fourth-order valence-corrected chi connectivity index (χ4v) is 6.11. The fourth-order valence-electron chi connectivity index (χ4n) is 6.11. The quantitative estimate of drug-likeness (QED) is 0.294. The number of hydrogen-bond acceptors (Lipinski definition) is 5. The first kappa shape index (κ1) is 27.8. The minimum absolute atomic E-state index is 0.00366. The molecule has 1 aliphatic carbocycles. The molecule has 5 heteroatoms. The number of benzene rings is 3. The highest BCUT2D eigenvalue weighted by Crippen LogP contribution is 2.43. The zero-order chi connectivity index (χ0) is 27.2. The lowest BCUT2D eigenvalue weighted by Crippen LogP contribution is -2.47. The summed E-state index contributed by atoms with van der Waals surface area (Å²) in [7, 11) is 0. The number of hydrogen-bond donors (Lipinski definition) is 2. The third kappa shape index (κ3) is 6.51. The second-order valence-corrected chi connectivity index (χ2v) is 11.0. The van der Waals surface area contributed by atoms with E-state index in [4.69, 9.17) is 15.2 Å². The van der Waals surface area contributed by atoms with Crippen LogP contribution in [0.5, 0.6) is 0 Å². The molecular formula is C34H42N2O3. The highest BCUT2D eigenvalue weighted by atomic mass is 16.7. The van der Waals surface area contributed by atoms with E-state index in [0.717, 1.165) is 46.5 Å². The Balaban J connectivity index is 1.46. The van der Waals surface area contributed by atoms with Crippen LogP contribution in [0.1, 0.15) is 67.3 Å². The van der Waals surface area contributed by atoms with Gasteiger partial charge >= 0.3 is 0 Å². The SMILES string of the molecule is C=CCN(CC1OC(c2cccc(-c3cccc(CN)c3)c2)OC(c2ccc(CO)cc2)C1C)C1CCCC1. The molecule has 4 unspecified atom stereocenters. The first-order valence-electron chi connectivity index (χ1n) is 14.3. The molecule has 0 aromatic heterocycles. The van der Waals surface area contributed by atoms with E-state index in [1.54, 1.807) is 0 Å². The number of aliphatic hydroxyl groups is 1. The van der Waals surface area contributed by atoms with Crippen molar-refractivity contribution < 1.29 is 14.6 Å². The Labute approximate surface area is 233 Å². The Morgan fingerprint density at radius 1 is 0.923 bits per heavy atom. The summed E-state index contributed by atoms with van der Waals surface area (Å²) >= 11 is 0. The Hall–Kier alpha value is -2.80. The van der Waals surface area contributed by atoms with Crippen molar-refractivity contribution in [2.75, 3.05) is 13.1 Å². The molecule has 39 heavy (non-hydrogen) atoms. The van der Waals surface area contributed by atoms with Crippen molar-refractivity contribution in [2.45, 2.75) is 70.3 Å². The van der Waals surface area contributed by atoms with E-state index in [-0.39, 0.29) is 24.7 Å². The average molecular weight is 527 g/mol. The summed E-state index contributed by atoms with van der Waals surface area (Å²) in [4.78, 5) is 2.56. The topological polar surface area (TPSA) is 68.0 Å². The van der Waals surface area contributed by atoms with Crippen LogP contribution in [-0.4, -0.2) is 35.2 Å². The molecule has 3 aromatic rings. The molecule has 1 heterocycles. The van der Waals surface area contributed by atoms with Gasteiger partial charge in [-0.25, -0.2) is 0 Å². The molecule has 2 aliphatic rings. The summed E-state index contributed by atoms with van der Waals surface area (Å²) in [5, 5.41) is 9.56. The van der Waals surface area contributed by atoms with E-state index in [1.165, 1.54) is 25.7 Å². The molecule has 0 bridgehead atoms. The molecule has 2 fully saturated rings. The van der Waals surface area contributed by atoms with Gasteiger partial charge in [0.1, 0.15) is 0 Å². The normalized spacial score (nSPS) is 23.8. The van der Waals surface area contributed by atoms with Gasteiger partial charge < -0.3 is 20.3 Å². The highest BCUT2D eigenvalue weighted by molar-refractivity contribution is 5.65. The van der Waals surface area contributed by atoms with Gasteiger partial charge in [0.15, 0.2) is 6.29 Å². The van der Waals surface area contributed by atoms with Crippen molar-refractivity contribution in [1.82, 2.24) is 4.90 Å². The van der Waals surface area contributed by atoms with E-state index in [0.29, 0.717) is 12.6 Å². The Morgan fingerprint density at radius 2 is 1.64 bits per heavy atom. The summed E-state index contributed by atoms with van der Waals surface area (Å²) in [5.74, 6) is 0.152. The summed E-state index contributed by atoms with van der Waals surface area (Å²) in [6.45, 7) is 8.54. The van der Waals surface area contributed by atoms with Crippen LogP contribution >= 0.6 is 0 Å². The largest absolute Gasteiger partial charge is 0.392 e. The minimum atomic E-state index is -0.486. The van der Waals surface area contributed by atoms with Gasteiger partial charge in [-0.3, -0.25) is 4.90 Å². The highest BCUT2D eigenvalue weighted by Gasteiger charge is 2.40. The lowest BCUT2D eigenvalue weighted by atomic mass is 9.89. The maximum atomic E-state index is 9.56. The molecule has 1 saturated carbocycles. The lowest BCUT2D eigenvalue weighted by Gasteiger charge is -2.43. The van der Waals surface area contributed by atoms with E-state index >= 15 is 0 Å². The molecule has 5 nitrogen and oxygen atoms in total. The van der Waals surface area contributed by atoms with Crippen LogP contribution in [0, 0.1) is 5.92 Å². The third-order valence-corrected chi connectivity index (χ3v) is 8.40. The third-order valence-electron chi connectivity index (χ3n) is 8.40. The van der Waals surface area contributed by atoms with Crippen LogP contribution in [0.15, 0.2) is 85.5 Å². The minimum Gasteiger partial charge on any atom is -0.392 e. The maximum absolute atomic E-state index is 9.56. The Bertz CT molecular complexity index is 1220. The monoisotopic (exact) mass is 526 g/mol.